The van der Waals surface area contributed by atoms with Crippen LogP contribution in [0.25, 0.3) is 60.8 Å². The quantitative estimate of drug-likeness (QED) is 0.179. The van der Waals surface area contributed by atoms with Crippen molar-refractivity contribution in [2.24, 2.45) is 7.05 Å². The minimum absolute atomic E-state index is 1.16. The lowest BCUT2D eigenvalue weighted by atomic mass is 9.95. The fourth-order valence-corrected chi connectivity index (χ4v) is 5.69. The summed E-state index contributed by atoms with van der Waals surface area (Å²) in [6, 6.07) is 46.1. The lowest BCUT2D eigenvalue weighted by molar-refractivity contribution is -0.633. The Morgan fingerprint density at radius 3 is 2.14 bits per heavy atom. The Kier molecular flexibility index (Phi) is 4.93. The van der Waals surface area contributed by atoms with Gasteiger partial charge in [-0.2, -0.15) is 4.57 Å². The second-order valence-corrected chi connectivity index (χ2v) is 9.79. The summed E-state index contributed by atoms with van der Waals surface area (Å²) in [6.45, 7) is 2.21. The van der Waals surface area contributed by atoms with Gasteiger partial charge in [-0.25, -0.2) is 4.57 Å². The summed E-state index contributed by atoms with van der Waals surface area (Å²) in [5, 5.41) is 5.14. The van der Waals surface area contributed by atoms with Gasteiger partial charge in [-0.1, -0.05) is 91.0 Å². The largest absolute Gasteiger partial charge is 0.295 e. The maximum absolute atomic E-state index is 2.38. The first-order valence-electron chi connectivity index (χ1n) is 12.8. The molecule has 0 fully saturated rings. The van der Waals surface area contributed by atoms with Gasteiger partial charge in [-0.3, -0.25) is 0 Å². The first kappa shape index (κ1) is 21.6. The Bertz CT molecular complexity index is 1940. The third-order valence-corrected chi connectivity index (χ3v) is 7.58. The van der Waals surface area contributed by atoms with Crippen molar-refractivity contribution < 1.29 is 4.57 Å². The van der Waals surface area contributed by atoms with Gasteiger partial charge in [-0.15, -0.1) is 0 Å². The van der Waals surface area contributed by atoms with Crippen molar-refractivity contribution in [1.82, 2.24) is 4.57 Å². The van der Waals surface area contributed by atoms with Gasteiger partial charge in [-0.05, 0) is 81.6 Å². The zero-order valence-electron chi connectivity index (χ0n) is 21.0. The van der Waals surface area contributed by atoms with Gasteiger partial charge in [0, 0.05) is 0 Å². The Morgan fingerprint density at radius 2 is 1.24 bits per heavy atom. The highest BCUT2D eigenvalue weighted by molar-refractivity contribution is 6.08. The van der Waals surface area contributed by atoms with Crippen molar-refractivity contribution in [3.63, 3.8) is 0 Å². The van der Waals surface area contributed by atoms with Crippen LogP contribution in [0.2, 0.25) is 0 Å². The van der Waals surface area contributed by atoms with E-state index >= 15 is 0 Å². The Hall–Kier alpha value is -4.69. The molecule has 0 aliphatic carbocycles. The van der Waals surface area contributed by atoms with Crippen LogP contribution in [0.5, 0.6) is 0 Å². The molecule has 0 spiro atoms. The molecule has 0 saturated carbocycles. The van der Waals surface area contributed by atoms with E-state index in [9.17, 15) is 0 Å². The van der Waals surface area contributed by atoms with Crippen molar-refractivity contribution in [1.29, 1.82) is 0 Å². The van der Waals surface area contributed by atoms with Gasteiger partial charge >= 0.3 is 0 Å². The zero-order chi connectivity index (χ0) is 24.9. The summed E-state index contributed by atoms with van der Waals surface area (Å²) in [7, 11) is 2.17. The van der Waals surface area contributed by atoms with Gasteiger partial charge in [0.1, 0.15) is 5.69 Å². The Morgan fingerprint density at radius 1 is 0.568 bits per heavy atom. The van der Waals surface area contributed by atoms with Gasteiger partial charge < -0.3 is 0 Å². The molecular weight excluding hydrogens is 448 g/mol. The summed E-state index contributed by atoms with van der Waals surface area (Å²) < 4.78 is 4.70. The summed E-state index contributed by atoms with van der Waals surface area (Å²) in [6.07, 6.45) is 0. The molecule has 0 N–H and O–H groups in total. The normalized spacial score (nSPS) is 11.5. The van der Waals surface area contributed by atoms with E-state index in [1.54, 1.807) is 0 Å². The van der Waals surface area contributed by atoms with E-state index in [2.05, 4.69) is 150 Å². The van der Waals surface area contributed by atoms with E-state index in [0.717, 1.165) is 5.69 Å². The monoisotopic (exact) mass is 475 g/mol. The number of nitrogens with zero attached hydrogens (tertiary/aromatic N) is 2. The highest BCUT2D eigenvalue weighted by Crippen LogP contribution is 2.34. The van der Waals surface area contributed by atoms with Crippen molar-refractivity contribution >= 4 is 32.6 Å². The number of hydrogen-bond donors (Lipinski definition) is 0. The molecule has 176 valence electrons. The number of para-hydroxylation sites is 3. The molecule has 0 bridgehead atoms. The zero-order valence-corrected chi connectivity index (χ0v) is 21.0. The van der Waals surface area contributed by atoms with E-state index in [1.165, 1.54) is 60.7 Å². The SMILES string of the molecule is Cc1ccc(-c2ccc3c(ccc4ccccc43)c2)cc1-c1n(-c2ccccc2)c2ccccc2[n+]1C. The molecule has 7 aromatic rings. The molecule has 0 aliphatic rings. The first-order chi connectivity index (χ1) is 18.2. The molecule has 1 aromatic heterocycles. The van der Waals surface area contributed by atoms with Crippen molar-refractivity contribution in [3.8, 4) is 28.2 Å². The Labute approximate surface area is 216 Å². The third-order valence-electron chi connectivity index (χ3n) is 7.58. The number of fused-ring (bicyclic) bond motifs is 4. The van der Waals surface area contributed by atoms with E-state index < -0.39 is 0 Å². The molecule has 1 heterocycles. The maximum atomic E-state index is 2.38. The van der Waals surface area contributed by atoms with Gasteiger partial charge in [0.2, 0.25) is 0 Å². The van der Waals surface area contributed by atoms with Crippen LogP contribution < -0.4 is 4.57 Å². The lowest BCUT2D eigenvalue weighted by Gasteiger charge is -2.11. The molecule has 0 saturated heterocycles. The first-order valence-corrected chi connectivity index (χ1v) is 12.8. The van der Waals surface area contributed by atoms with Crippen molar-refractivity contribution in [2.45, 2.75) is 6.92 Å². The van der Waals surface area contributed by atoms with Crippen LogP contribution in [0.15, 0.2) is 127 Å². The molecule has 0 amide bonds. The van der Waals surface area contributed by atoms with Gasteiger partial charge in [0.25, 0.3) is 5.82 Å². The second kappa shape index (κ2) is 8.46. The van der Waals surface area contributed by atoms with E-state index in [-0.39, 0.29) is 0 Å². The van der Waals surface area contributed by atoms with Crippen LogP contribution >= 0.6 is 0 Å². The molecule has 0 atom stereocenters. The fourth-order valence-electron chi connectivity index (χ4n) is 5.69. The van der Waals surface area contributed by atoms with Crippen LogP contribution in [-0.4, -0.2) is 4.57 Å². The third kappa shape index (κ3) is 3.45. The molecule has 7 rings (SSSR count). The number of rotatable bonds is 3. The number of aryl methyl sites for hydroxylation is 2. The molecular formula is C35H27N2+. The molecule has 0 radical (unpaired) electrons. The average Bonchev–Trinajstić information content (AvgIpc) is 3.25. The lowest BCUT2D eigenvalue weighted by Crippen LogP contribution is -2.30. The molecule has 0 aliphatic heterocycles. The highest BCUT2D eigenvalue weighted by atomic mass is 15.2. The summed E-state index contributed by atoms with van der Waals surface area (Å²) >= 11 is 0. The minimum Gasteiger partial charge on any atom is -0.225 e. The van der Waals surface area contributed by atoms with Crippen molar-refractivity contribution in [3.05, 3.63) is 133 Å². The van der Waals surface area contributed by atoms with Crippen LogP contribution in [0.4, 0.5) is 0 Å². The predicted octanol–water partition coefficient (Wildman–Crippen LogP) is 8.40. The topological polar surface area (TPSA) is 8.81 Å². The van der Waals surface area contributed by atoms with Crippen molar-refractivity contribution in [2.75, 3.05) is 0 Å². The van der Waals surface area contributed by atoms with Crippen LogP contribution in [0.1, 0.15) is 5.56 Å². The molecule has 0 unspecified atom stereocenters. The maximum Gasteiger partial charge on any atom is 0.295 e. The molecule has 37 heavy (non-hydrogen) atoms. The number of benzene rings is 6. The van der Waals surface area contributed by atoms with Gasteiger partial charge in [0.05, 0.1) is 12.6 Å². The van der Waals surface area contributed by atoms with E-state index in [0.29, 0.717) is 0 Å². The van der Waals surface area contributed by atoms with Crippen LogP contribution in [-0.2, 0) is 7.05 Å². The second-order valence-electron chi connectivity index (χ2n) is 9.79. The smallest absolute Gasteiger partial charge is 0.225 e. The highest BCUT2D eigenvalue weighted by Gasteiger charge is 2.27. The molecule has 6 aromatic carbocycles. The summed E-state index contributed by atoms with van der Waals surface area (Å²) in [5.41, 5.74) is 8.52. The molecule has 2 nitrogen and oxygen atoms in total. The standard InChI is InChI=1S/C35H27N2/c1-24-16-17-27(26-20-21-31-28(22-26)19-18-25-10-6-7-13-30(25)31)23-32(24)35-36(2)33-14-8-9-15-34(33)37(35)29-11-4-3-5-12-29/h3-23H,1-2H3/q+1. The number of imidazole rings is 1. The number of aromatic nitrogens is 2. The average molecular weight is 476 g/mol. The van der Waals surface area contributed by atoms with Gasteiger partial charge in [0.15, 0.2) is 11.0 Å². The van der Waals surface area contributed by atoms with Crippen LogP contribution in [0, 0.1) is 6.92 Å². The summed E-state index contributed by atoms with van der Waals surface area (Å²) in [4.78, 5) is 0. The Balaban J connectivity index is 1.45. The summed E-state index contributed by atoms with van der Waals surface area (Å²) in [5.74, 6) is 1.18. The minimum atomic E-state index is 1.16. The number of hydrogen-bond acceptors (Lipinski definition) is 0. The predicted molar refractivity (Wildman–Crippen MR) is 155 cm³/mol. The fraction of sp³-hybridized carbons (Fsp3) is 0.0571. The van der Waals surface area contributed by atoms with E-state index in [1.807, 2.05) is 0 Å². The van der Waals surface area contributed by atoms with Crippen LogP contribution in [0.3, 0.4) is 0 Å². The van der Waals surface area contributed by atoms with E-state index in [4.69, 9.17) is 0 Å². The molecule has 2 heteroatoms.